The molecule has 0 radical (unpaired) electrons. The molecule has 2 aliphatic carbocycles. The molecule has 34 heavy (non-hydrogen) atoms. The van der Waals surface area contributed by atoms with Gasteiger partial charge in [-0.3, -0.25) is 9.59 Å². The van der Waals surface area contributed by atoms with Gasteiger partial charge in [0.05, 0.1) is 0 Å². The highest BCUT2D eigenvalue weighted by atomic mass is 16.5. The molecule has 7 heteroatoms. The molecule has 0 saturated heterocycles. The molecule has 0 bridgehead atoms. The smallest absolute Gasteiger partial charge is 0.407 e. The summed E-state index contributed by atoms with van der Waals surface area (Å²) in [5, 5.41) is 14.5. The minimum Gasteiger partial charge on any atom is -0.480 e. The molecule has 2 aromatic carbocycles. The Morgan fingerprint density at radius 1 is 1.00 bits per heavy atom. The zero-order valence-electron chi connectivity index (χ0n) is 19.5. The molecular formula is C27H32N2O5. The number of amides is 2. The van der Waals surface area contributed by atoms with Crippen LogP contribution in [0.25, 0.3) is 11.1 Å². The largest absolute Gasteiger partial charge is 0.480 e. The van der Waals surface area contributed by atoms with E-state index in [-0.39, 0.29) is 30.3 Å². The van der Waals surface area contributed by atoms with Crippen molar-refractivity contribution >= 4 is 18.0 Å². The SMILES string of the molecule is C[C@@H](NC(=O)CC1(CNC(=O)OCC2c3ccccc3-c3ccccc32)CCCCC1)C(=O)O. The molecule has 2 amide bonds. The molecule has 2 aliphatic rings. The van der Waals surface area contributed by atoms with Crippen molar-refractivity contribution in [1.29, 1.82) is 0 Å². The van der Waals surface area contributed by atoms with Crippen LogP contribution in [0.15, 0.2) is 48.5 Å². The van der Waals surface area contributed by atoms with E-state index in [1.54, 1.807) is 0 Å². The van der Waals surface area contributed by atoms with E-state index in [4.69, 9.17) is 9.84 Å². The van der Waals surface area contributed by atoms with Gasteiger partial charge in [-0.05, 0) is 47.4 Å². The molecule has 0 heterocycles. The number of carboxylic acids is 1. The molecular weight excluding hydrogens is 432 g/mol. The van der Waals surface area contributed by atoms with Crippen LogP contribution in [0.5, 0.6) is 0 Å². The highest BCUT2D eigenvalue weighted by molar-refractivity contribution is 5.83. The van der Waals surface area contributed by atoms with Crippen molar-refractivity contribution in [2.24, 2.45) is 5.41 Å². The van der Waals surface area contributed by atoms with Crippen LogP contribution in [-0.2, 0) is 14.3 Å². The number of benzene rings is 2. The highest BCUT2D eigenvalue weighted by Gasteiger charge is 2.36. The van der Waals surface area contributed by atoms with Crippen LogP contribution in [0.1, 0.15) is 62.5 Å². The fraction of sp³-hybridized carbons (Fsp3) is 0.444. The van der Waals surface area contributed by atoms with Crippen LogP contribution in [0.4, 0.5) is 4.79 Å². The van der Waals surface area contributed by atoms with Crippen molar-refractivity contribution in [3.8, 4) is 11.1 Å². The molecule has 2 aromatic rings. The van der Waals surface area contributed by atoms with Crippen molar-refractivity contribution in [3.05, 3.63) is 59.7 Å². The van der Waals surface area contributed by atoms with Gasteiger partial charge in [0.25, 0.3) is 0 Å². The van der Waals surface area contributed by atoms with E-state index in [9.17, 15) is 14.4 Å². The van der Waals surface area contributed by atoms with E-state index >= 15 is 0 Å². The van der Waals surface area contributed by atoms with Gasteiger partial charge in [-0.2, -0.15) is 0 Å². The summed E-state index contributed by atoms with van der Waals surface area (Å²) in [6, 6.07) is 15.4. The predicted octanol–water partition coefficient (Wildman–Crippen LogP) is 4.46. The maximum Gasteiger partial charge on any atom is 0.407 e. The number of fused-ring (bicyclic) bond motifs is 3. The van der Waals surface area contributed by atoms with Crippen LogP contribution >= 0.6 is 0 Å². The topological polar surface area (TPSA) is 105 Å². The quantitative estimate of drug-likeness (QED) is 0.535. The predicted molar refractivity (Wildman–Crippen MR) is 128 cm³/mol. The number of carbonyl (C=O) groups excluding carboxylic acids is 2. The third-order valence-electron chi connectivity index (χ3n) is 7.15. The lowest BCUT2D eigenvalue weighted by Gasteiger charge is -2.37. The summed E-state index contributed by atoms with van der Waals surface area (Å²) < 4.78 is 5.65. The average molecular weight is 465 g/mol. The van der Waals surface area contributed by atoms with E-state index in [1.165, 1.54) is 18.1 Å². The first-order valence-corrected chi connectivity index (χ1v) is 12.0. The number of nitrogens with one attached hydrogen (secondary N) is 2. The highest BCUT2D eigenvalue weighted by Crippen LogP contribution is 2.44. The summed E-state index contributed by atoms with van der Waals surface area (Å²) in [6.45, 7) is 2.02. The second kappa shape index (κ2) is 10.3. The Bertz CT molecular complexity index is 1010. The van der Waals surface area contributed by atoms with Gasteiger partial charge in [0.1, 0.15) is 12.6 Å². The fourth-order valence-corrected chi connectivity index (χ4v) is 5.32. The Morgan fingerprint density at radius 2 is 1.59 bits per heavy atom. The van der Waals surface area contributed by atoms with Crippen molar-refractivity contribution in [2.45, 2.75) is 57.4 Å². The summed E-state index contributed by atoms with van der Waals surface area (Å²) in [6.07, 6.45) is 4.37. The van der Waals surface area contributed by atoms with E-state index in [2.05, 4.69) is 34.9 Å². The summed E-state index contributed by atoms with van der Waals surface area (Å²) in [5.74, 6) is -1.38. The van der Waals surface area contributed by atoms with Crippen molar-refractivity contribution in [2.75, 3.05) is 13.2 Å². The molecule has 0 spiro atoms. The third-order valence-corrected chi connectivity index (χ3v) is 7.15. The van der Waals surface area contributed by atoms with Crippen LogP contribution in [0.2, 0.25) is 0 Å². The Morgan fingerprint density at radius 3 is 2.18 bits per heavy atom. The number of carbonyl (C=O) groups is 3. The van der Waals surface area contributed by atoms with Gasteiger partial charge in [0.2, 0.25) is 5.91 Å². The monoisotopic (exact) mass is 464 g/mol. The third kappa shape index (κ3) is 5.24. The number of aliphatic carboxylic acids is 1. The Labute approximate surface area is 199 Å². The van der Waals surface area contributed by atoms with E-state index < -0.39 is 18.1 Å². The van der Waals surface area contributed by atoms with Crippen LogP contribution in [0, 0.1) is 5.41 Å². The second-order valence-electron chi connectivity index (χ2n) is 9.54. The lowest BCUT2D eigenvalue weighted by molar-refractivity contribution is -0.141. The van der Waals surface area contributed by atoms with E-state index in [0.717, 1.165) is 43.2 Å². The first-order chi connectivity index (χ1) is 16.4. The summed E-state index contributed by atoms with van der Waals surface area (Å²) in [7, 11) is 0. The lowest BCUT2D eigenvalue weighted by Crippen LogP contribution is -2.45. The first kappa shape index (κ1) is 23.8. The maximum absolute atomic E-state index is 12.6. The van der Waals surface area contributed by atoms with Crippen LogP contribution in [-0.4, -0.2) is 42.3 Å². The van der Waals surface area contributed by atoms with Crippen LogP contribution < -0.4 is 10.6 Å². The maximum atomic E-state index is 12.6. The number of ether oxygens (including phenoxy) is 1. The van der Waals surface area contributed by atoms with Gasteiger partial charge in [-0.1, -0.05) is 67.8 Å². The van der Waals surface area contributed by atoms with Gasteiger partial charge in [0, 0.05) is 18.9 Å². The van der Waals surface area contributed by atoms with Crippen molar-refractivity contribution in [1.82, 2.24) is 10.6 Å². The van der Waals surface area contributed by atoms with Crippen molar-refractivity contribution in [3.63, 3.8) is 0 Å². The molecule has 4 rings (SSSR count). The molecule has 3 N–H and O–H groups in total. The molecule has 0 aromatic heterocycles. The van der Waals surface area contributed by atoms with Gasteiger partial charge >= 0.3 is 12.1 Å². The summed E-state index contributed by atoms with van der Waals surface area (Å²) in [5.41, 5.74) is 4.28. The molecule has 0 aliphatic heterocycles. The molecule has 0 unspecified atom stereocenters. The lowest BCUT2D eigenvalue weighted by atomic mass is 9.71. The zero-order valence-corrected chi connectivity index (χ0v) is 19.5. The van der Waals surface area contributed by atoms with Gasteiger partial charge in [-0.25, -0.2) is 4.79 Å². The van der Waals surface area contributed by atoms with Crippen molar-refractivity contribution < 1.29 is 24.2 Å². The summed E-state index contributed by atoms with van der Waals surface area (Å²) >= 11 is 0. The van der Waals surface area contributed by atoms with E-state index in [1.807, 2.05) is 24.3 Å². The Kier molecular flexibility index (Phi) is 7.20. The Balaban J connectivity index is 1.36. The molecule has 1 atom stereocenters. The molecule has 1 fully saturated rings. The number of alkyl carbamates (subject to hydrolysis) is 1. The number of hydrogen-bond acceptors (Lipinski definition) is 4. The first-order valence-electron chi connectivity index (χ1n) is 12.0. The van der Waals surface area contributed by atoms with Gasteiger partial charge < -0.3 is 20.5 Å². The van der Waals surface area contributed by atoms with Gasteiger partial charge in [0.15, 0.2) is 0 Å². The molecule has 7 nitrogen and oxygen atoms in total. The summed E-state index contributed by atoms with van der Waals surface area (Å²) in [4.78, 5) is 36.2. The fourth-order valence-electron chi connectivity index (χ4n) is 5.32. The minimum absolute atomic E-state index is 0.00919. The normalized spacial score (nSPS) is 17.2. The average Bonchev–Trinajstić information content (AvgIpc) is 3.15. The standard InChI is InChI=1S/C27H32N2O5/c1-18(25(31)32)29-24(30)15-27(13-7-2-8-14-27)17-28-26(33)34-16-23-21-11-5-3-9-19(21)20-10-4-6-12-22(20)23/h3-6,9-12,18,23H,2,7-8,13-17H2,1H3,(H,28,33)(H,29,30)(H,31,32)/t18-/m1/s1. The van der Waals surface area contributed by atoms with Crippen LogP contribution in [0.3, 0.4) is 0 Å². The van der Waals surface area contributed by atoms with Gasteiger partial charge in [-0.15, -0.1) is 0 Å². The number of carboxylic acid groups (broad SMARTS) is 1. The van der Waals surface area contributed by atoms with E-state index in [0.29, 0.717) is 6.54 Å². The number of rotatable bonds is 8. The Hall–Kier alpha value is -3.35. The minimum atomic E-state index is -1.07. The molecule has 180 valence electrons. The number of hydrogen-bond donors (Lipinski definition) is 3. The zero-order chi connectivity index (χ0) is 24.1. The second-order valence-corrected chi connectivity index (χ2v) is 9.54. The molecule has 1 saturated carbocycles.